The molecule has 1 aromatic heterocycles. The quantitative estimate of drug-likeness (QED) is 0.919. The van der Waals surface area contributed by atoms with Crippen LogP contribution in [0, 0.1) is 6.92 Å². The number of benzene rings is 1. The Morgan fingerprint density at radius 1 is 1.35 bits per heavy atom. The molecule has 0 radical (unpaired) electrons. The van der Waals surface area contributed by atoms with Crippen molar-refractivity contribution in [3.05, 3.63) is 46.2 Å². The van der Waals surface area contributed by atoms with Crippen molar-refractivity contribution in [1.29, 1.82) is 0 Å². The van der Waals surface area contributed by atoms with Crippen LogP contribution in [0.1, 0.15) is 36.3 Å². The Bertz CT molecular complexity index is 578. The molecular weight excluding hydrogens is 276 g/mol. The predicted octanol–water partition coefficient (Wildman–Crippen LogP) is 3.40. The summed E-state index contributed by atoms with van der Waals surface area (Å²) in [5.74, 6) is 0.747. The third kappa shape index (κ3) is 3.14. The van der Waals surface area contributed by atoms with E-state index in [1.807, 2.05) is 38.1 Å². The normalized spacial score (nSPS) is 12.4. The van der Waals surface area contributed by atoms with Gasteiger partial charge in [-0.25, -0.2) is 0 Å². The first-order chi connectivity index (χ1) is 9.52. The van der Waals surface area contributed by atoms with E-state index in [4.69, 9.17) is 16.3 Å². The lowest BCUT2D eigenvalue weighted by Crippen LogP contribution is -1.98. The van der Waals surface area contributed by atoms with Crippen LogP contribution in [-0.2, 0) is 13.7 Å². The summed E-state index contributed by atoms with van der Waals surface area (Å²) in [4.78, 5) is 0. The second-order valence-electron chi connectivity index (χ2n) is 4.76. The molecule has 108 valence electrons. The molecule has 0 amide bonds. The van der Waals surface area contributed by atoms with E-state index >= 15 is 0 Å². The minimum Gasteiger partial charge on any atom is -0.489 e. The van der Waals surface area contributed by atoms with Gasteiger partial charge in [-0.1, -0.05) is 30.7 Å². The molecule has 0 saturated carbocycles. The van der Waals surface area contributed by atoms with Gasteiger partial charge in [0.25, 0.3) is 0 Å². The fourth-order valence-corrected chi connectivity index (χ4v) is 2.24. The second-order valence-corrected chi connectivity index (χ2v) is 5.12. The number of aryl methyl sites for hydroxylation is 2. The van der Waals surface area contributed by atoms with Crippen molar-refractivity contribution < 1.29 is 9.84 Å². The van der Waals surface area contributed by atoms with Gasteiger partial charge in [0, 0.05) is 12.6 Å². The molecule has 5 heteroatoms. The van der Waals surface area contributed by atoms with Gasteiger partial charge in [0.1, 0.15) is 17.5 Å². The van der Waals surface area contributed by atoms with Crippen LogP contribution in [0.3, 0.4) is 0 Å². The summed E-state index contributed by atoms with van der Waals surface area (Å²) in [6, 6.07) is 7.46. The molecule has 20 heavy (non-hydrogen) atoms. The maximum Gasteiger partial charge on any atom is 0.133 e. The maximum atomic E-state index is 9.73. The van der Waals surface area contributed by atoms with Gasteiger partial charge in [-0.05, 0) is 31.0 Å². The Balaban J connectivity index is 2.04. The number of rotatable bonds is 5. The highest BCUT2D eigenvalue weighted by atomic mass is 35.5. The molecule has 0 spiro atoms. The highest BCUT2D eigenvalue weighted by molar-refractivity contribution is 6.30. The van der Waals surface area contributed by atoms with Gasteiger partial charge in [-0.2, -0.15) is 5.10 Å². The molecule has 1 unspecified atom stereocenters. The number of aromatic nitrogens is 2. The fraction of sp³-hybridized carbons (Fsp3) is 0.400. The Morgan fingerprint density at radius 3 is 2.50 bits per heavy atom. The van der Waals surface area contributed by atoms with E-state index in [2.05, 4.69) is 5.10 Å². The summed E-state index contributed by atoms with van der Waals surface area (Å²) in [6.45, 7) is 4.24. The highest BCUT2D eigenvalue weighted by Crippen LogP contribution is 2.23. The average molecular weight is 295 g/mol. The van der Waals surface area contributed by atoms with Crippen molar-refractivity contribution in [1.82, 2.24) is 9.78 Å². The minimum atomic E-state index is -0.418. The van der Waals surface area contributed by atoms with Gasteiger partial charge in [0.2, 0.25) is 0 Å². The van der Waals surface area contributed by atoms with E-state index < -0.39 is 6.10 Å². The summed E-state index contributed by atoms with van der Waals surface area (Å²) in [7, 11) is 1.81. The van der Waals surface area contributed by atoms with Crippen LogP contribution < -0.4 is 4.74 Å². The van der Waals surface area contributed by atoms with Crippen LogP contribution in [0.25, 0.3) is 0 Å². The molecule has 1 heterocycles. The van der Waals surface area contributed by atoms with Crippen LogP contribution in [0.5, 0.6) is 5.75 Å². The van der Waals surface area contributed by atoms with E-state index in [1.165, 1.54) is 0 Å². The molecule has 2 aromatic rings. The molecule has 0 saturated heterocycles. The van der Waals surface area contributed by atoms with E-state index in [0.29, 0.717) is 18.2 Å². The molecule has 0 aliphatic rings. The van der Waals surface area contributed by atoms with Gasteiger partial charge >= 0.3 is 0 Å². The summed E-state index contributed by atoms with van der Waals surface area (Å²) >= 11 is 6.15. The summed E-state index contributed by atoms with van der Waals surface area (Å²) < 4.78 is 7.35. The first kappa shape index (κ1) is 14.9. The van der Waals surface area contributed by atoms with Crippen molar-refractivity contribution in [2.24, 2.45) is 7.05 Å². The van der Waals surface area contributed by atoms with Crippen LogP contribution >= 0.6 is 11.6 Å². The number of aliphatic hydroxyl groups excluding tert-OH is 1. The SMILES string of the molecule is CCC(O)c1ccc(OCc2c(C)nn(C)c2Cl)cc1. The van der Waals surface area contributed by atoms with Crippen molar-refractivity contribution in [3.63, 3.8) is 0 Å². The number of halogens is 1. The maximum absolute atomic E-state index is 9.73. The molecule has 0 aliphatic carbocycles. The molecule has 1 aromatic carbocycles. The third-order valence-electron chi connectivity index (χ3n) is 3.30. The first-order valence-corrected chi connectivity index (χ1v) is 6.99. The zero-order chi connectivity index (χ0) is 14.7. The number of aliphatic hydroxyl groups is 1. The topological polar surface area (TPSA) is 47.3 Å². The van der Waals surface area contributed by atoms with E-state index in [-0.39, 0.29) is 0 Å². The molecular formula is C15H19ClN2O2. The molecule has 0 fully saturated rings. The van der Waals surface area contributed by atoms with Crippen LogP contribution in [-0.4, -0.2) is 14.9 Å². The lowest BCUT2D eigenvalue weighted by molar-refractivity contribution is 0.173. The summed E-state index contributed by atoms with van der Waals surface area (Å²) in [6.07, 6.45) is 0.282. The van der Waals surface area contributed by atoms with Crippen molar-refractivity contribution in [2.75, 3.05) is 0 Å². The average Bonchev–Trinajstić information content (AvgIpc) is 2.70. The molecule has 1 atom stereocenters. The van der Waals surface area contributed by atoms with Gasteiger partial charge in [-0.3, -0.25) is 4.68 Å². The number of ether oxygens (including phenoxy) is 1. The van der Waals surface area contributed by atoms with E-state index in [9.17, 15) is 5.11 Å². The monoisotopic (exact) mass is 294 g/mol. The predicted molar refractivity (Wildman–Crippen MR) is 79.0 cm³/mol. The zero-order valence-electron chi connectivity index (χ0n) is 11.9. The largest absolute Gasteiger partial charge is 0.489 e. The minimum absolute atomic E-state index is 0.383. The highest BCUT2D eigenvalue weighted by Gasteiger charge is 2.12. The van der Waals surface area contributed by atoms with Crippen LogP contribution in [0.15, 0.2) is 24.3 Å². The van der Waals surface area contributed by atoms with Crippen molar-refractivity contribution in [2.45, 2.75) is 33.0 Å². The van der Waals surface area contributed by atoms with Crippen molar-refractivity contribution >= 4 is 11.6 Å². The van der Waals surface area contributed by atoms with E-state index in [0.717, 1.165) is 22.6 Å². The fourth-order valence-electron chi connectivity index (χ4n) is 2.02. The van der Waals surface area contributed by atoms with E-state index in [1.54, 1.807) is 11.7 Å². The molecule has 0 bridgehead atoms. The van der Waals surface area contributed by atoms with Gasteiger partial charge in [0.15, 0.2) is 0 Å². The summed E-state index contributed by atoms with van der Waals surface area (Å²) in [5.41, 5.74) is 2.66. The number of hydrogen-bond acceptors (Lipinski definition) is 3. The molecule has 0 aliphatic heterocycles. The lowest BCUT2D eigenvalue weighted by atomic mass is 10.1. The van der Waals surface area contributed by atoms with Crippen LogP contribution in [0.2, 0.25) is 5.15 Å². The van der Waals surface area contributed by atoms with Gasteiger partial charge in [-0.15, -0.1) is 0 Å². The molecule has 4 nitrogen and oxygen atoms in total. The zero-order valence-corrected chi connectivity index (χ0v) is 12.7. The van der Waals surface area contributed by atoms with Gasteiger partial charge in [0.05, 0.1) is 11.8 Å². The number of nitrogens with zero attached hydrogens (tertiary/aromatic N) is 2. The Hall–Kier alpha value is -1.52. The molecule has 1 N–H and O–H groups in total. The lowest BCUT2D eigenvalue weighted by Gasteiger charge is -2.10. The molecule has 2 rings (SSSR count). The van der Waals surface area contributed by atoms with Gasteiger partial charge < -0.3 is 9.84 Å². The Kier molecular flexibility index (Phi) is 4.68. The smallest absolute Gasteiger partial charge is 0.133 e. The summed E-state index contributed by atoms with van der Waals surface area (Å²) in [5, 5.41) is 14.6. The third-order valence-corrected chi connectivity index (χ3v) is 3.78. The standard InChI is InChI=1S/C15H19ClN2O2/c1-4-14(19)11-5-7-12(8-6-11)20-9-13-10(2)17-18(3)15(13)16/h5-8,14,19H,4,9H2,1-3H3. The van der Waals surface area contributed by atoms with Crippen LogP contribution in [0.4, 0.5) is 0 Å². The number of hydrogen-bond donors (Lipinski definition) is 1. The Morgan fingerprint density at radius 2 is 2.00 bits per heavy atom. The first-order valence-electron chi connectivity index (χ1n) is 6.61. The second kappa shape index (κ2) is 6.29. The van der Waals surface area contributed by atoms with Crippen molar-refractivity contribution in [3.8, 4) is 5.75 Å². The Labute approximate surface area is 123 Å².